The minimum absolute atomic E-state index is 0.112. The van der Waals surface area contributed by atoms with Crippen LogP contribution in [0.5, 0.6) is 5.75 Å². The molecule has 26 heavy (non-hydrogen) atoms. The molecule has 2 nitrogen and oxygen atoms in total. The second-order valence-electron chi connectivity index (χ2n) is 11.7. The number of methoxy groups -OCH3 is 1. The molecular formula is C24H42O2. The van der Waals surface area contributed by atoms with Gasteiger partial charge in [0.25, 0.3) is 0 Å². The number of benzene rings is 1. The molecule has 0 unspecified atom stereocenters. The summed E-state index contributed by atoms with van der Waals surface area (Å²) < 4.78 is 5.42. The number of aromatic hydroxyl groups is 1. The van der Waals surface area contributed by atoms with E-state index in [1.54, 1.807) is 7.11 Å². The Hall–Kier alpha value is -1.02. The van der Waals surface area contributed by atoms with Gasteiger partial charge in [-0.3, -0.25) is 0 Å². The Morgan fingerprint density at radius 1 is 0.731 bits per heavy atom. The summed E-state index contributed by atoms with van der Waals surface area (Å²) in [5.74, 6) is 0.466. The monoisotopic (exact) mass is 362 g/mol. The van der Waals surface area contributed by atoms with Crippen molar-refractivity contribution in [3.8, 4) is 5.75 Å². The van der Waals surface area contributed by atoms with Crippen molar-refractivity contribution in [2.24, 2.45) is 10.8 Å². The van der Waals surface area contributed by atoms with Gasteiger partial charge >= 0.3 is 0 Å². The molecule has 150 valence electrons. The van der Waals surface area contributed by atoms with Crippen LogP contribution in [-0.4, -0.2) is 12.2 Å². The van der Waals surface area contributed by atoms with Gasteiger partial charge in [0.05, 0.1) is 6.61 Å². The van der Waals surface area contributed by atoms with Gasteiger partial charge in [0.2, 0.25) is 0 Å². The molecule has 0 radical (unpaired) electrons. The predicted molar refractivity (Wildman–Crippen MR) is 113 cm³/mol. The third-order valence-electron chi connectivity index (χ3n) is 4.88. The number of phenols is 1. The molecule has 0 aliphatic heterocycles. The molecule has 0 fully saturated rings. The lowest BCUT2D eigenvalue weighted by Crippen LogP contribution is -2.28. The molecule has 0 saturated heterocycles. The molecule has 1 rings (SSSR count). The lowest BCUT2D eigenvalue weighted by Gasteiger charge is -2.37. The summed E-state index contributed by atoms with van der Waals surface area (Å²) in [6, 6.07) is 4.28. The van der Waals surface area contributed by atoms with Crippen LogP contribution in [0.4, 0.5) is 0 Å². The highest BCUT2D eigenvalue weighted by molar-refractivity contribution is 5.50. The predicted octanol–water partition coefficient (Wildman–Crippen LogP) is 6.97. The summed E-state index contributed by atoms with van der Waals surface area (Å²) >= 11 is 0. The number of rotatable bonds is 6. The highest BCUT2D eigenvalue weighted by Gasteiger charge is 2.35. The lowest BCUT2D eigenvalue weighted by molar-refractivity contribution is 0.184. The van der Waals surface area contributed by atoms with Crippen LogP contribution in [0, 0.1) is 10.8 Å². The SMILES string of the molecule is COCc1cc(C(C)(C)CC(C)(C)C)c(O)c(C(C)(C)CC(C)(C)C)c1. The Balaban J connectivity index is 3.56. The Morgan fingerprint density at radius 3 is 1.35 bits per heavy atom. The molecule has 0 aliphatic carbocycles. The third kappa shape index (κ3) is 6.30. The van der Waals surface area contributed by atoms with Gasteiger partial charge in [0, 0.05) is 18.2 Å². The van der Waals surface area contributed by atoms with E-state index in [2.05, 4.69) is 81.4 Å². The molecule has 0 aliphatic rings. The van der Waals surface area contributed by atoms with E-state index in [9.17, 15) is 5.11 Å². The Bertz CT molecular complexity index is 561. The number of hydrogen-bond acceptors (Lipinski definition) is 2. The highest BCUT2D eigenvalue weighted by Crippen LogP contribution is 2.47. The molecule has 1 N–H and O–H groups in total. The Labute approximate surface area is 162 Å². The van der Waals surface area contributed by atoms with E-state index in [0.29, 0.717) is 12.4 Å². The second-order valence-corrected chi connectivity index (χ2v) is 11.7. The van der Waals surface area contributed by atoms with Crippen LogP contribution in [-0.2, 0) is 22.2 Å². The van der Waals surface area contributed by atoms with Gasteiger partial charge in [-0.25, -0.2) is 0 Å². The molecule has 2 heteroatoms. The maximum Gasteiger partial charge on any atom is 0.123 e. The van der Waals surface area contributed by atoms with Crippen molar-refractivity contribution in [3.63, 3.8) is 0 Å². The fourth-order valence-corrected chi connectivity index (χ4v) is 4.82. The molecule has 0 aromatic heterocycles. The van der Waals surface area contributed by atoms with Crippen LogP contribution in [0.1, 0.15) is 98.8 Å². The molecular weight excluding hydrogens is 320 g/mol. The van der Waals surface area contributed by atoms with Crippen molar-refractivity contribution in [1.82, 2.24) is 0 Å². The molecule has 0 bridgehead atoms. The molecule has 0 heterocycles. The maximum atomic E-state index is 11.3. The van der Waals surface area contributed by atoms with E-state index < -0.39 is 0 Å². The summed E-state index contributed by atoms with van der Waals surface area (Å²) in [5, 5.41) is 11.3. The fraction of sp³-hybridized carbons (Fsp3) is 0.750. The smallest absolute Gasteiger partial charge is 0.123 e. The molecule has 1 aromatic rings. The molecule has 0 amide bonds. The molecule has 0 atom stereocenters. The topological polar surface area (TPSA) is 29.5 Å². The minimum Gasteiger partial charge on any atom is -0.507 e. The number of phenolic OH excluding ortho intramolecular Hbond substituents is 1. The van der Waals surface area contributed by atoms with E-state index in [1.165, 1.54) is 0 Å². The van der Waals surface area contributed by atoms with Gasteiger partial charge in [-0.1, -0.05) is 69.2 Å². The van der Waals surface area contributed by atoms with Gasteiger partial charge < -0.3 is 9.84 Å². The standard InChI is InChI=1S/C24H42O2/c1-21(2,3)15-23(7,8)18-12-17(14-26-11)13-19(20(18)25)24(9,10)16-22(4,5)6/h12-13,25H,14-16H2,1-11H3. The third-order valence-corrected chi connectivity index (χ3v) is 4.88. The van der Waals surface area contributed by atoms with E-state index >= 15 is 0 Å². The zero-order valence-corrected chi connectivity index (χ0v) is 19.1. The highest BCUT2D eigenvalue weighted by atomic mass is 16.5. The lowest BCUT2D eigenvalue weighted by atomic mass is 9.68. The van der Waals surface area contributed by atoms with Crippen molar-refractivity contribution in [2.75, 3.05) is 7.11 Å². The van der Waals surface area contributed by atoms with Crippen LogP contribution >= 0.6 is 0 Å². The summed E-state index contributed by atoms with van der Waals surface area (Å²) in [5.41, 5.74) is 3.37. The average molecular weight is 363 g/mol. The molecule has 0 spiro atoms. The zero-order valence-electron chi connectivity index (χ0n) is 19.1. The fourth-order valence-electron chi connectivity index (χ4n) is 4.82. The van der Waals surface area contributed by atoms with Gasteiger partial charge in [-0.05, 0) is 52.2 Å². The zero-order chi connectivity index (χ0) is 20.6. The summed E-state index contributed by atoms with van der Waals surface area (Å²) in [6.45, 7) is 23.1. The van der Waals surface area contributed by atoms with E-state index in [-0.39, 0.29) is 21.7 Å². The first kappa shape index (κ1) is 23.0. The largest absolute Gasteiger partial charge is 0.507 e. The van der Waals surface area contributed by atoms with Gasteiger partial charge in [-0.2, -0.15) is 0 Å². The van der Waals surface area contributed by atoms with E-state index in [0.717, 1.165) is 29.5 Å². The van der Waals surface area contributed by atoms with Crippen molar-refractivity contribution in [3.05, 3.63) is 28.8 Å². The summed E-state index contributed by atoms with van der Waals surface area (Å²) in [4.78, 5) is 0. The van der Waals surface area contributed by atoms with Crippen molar-refractivity contribution in [2.45, 2.75) is 99.5 Å². The molecule has 0 saturated carbocycles. The van der Waals surface area contributed by atoms with Crippen LogP contribution in [0.15, 0.2) is 12.1 Å². The molecule has 1 aromatic carbocycles. The van der Waals surface area contributed by atoms with E-state index in [1.807, 2.05) is 0 Å². The van der Waals surface area contributed by atoms with Crippen LogP contribution in [0.3, 0.4) is 0 Å². The van der Waals surface area contributed by atoms with E-state index in [4.69, 9.17) is 4.74 Å². The normalized spacial score (nSPS) is 14.0. The Morgan fingerprint density at radius 2 is 1.08 bits per heavy atom. The summed E-state index contributed by atoms with van der Waals surface area (Å²) in [6.07, 6.45) is 2.01. The van der Waals surface area contributed by atoms with Gasteiger partial charge in [0.15, 0.2) is 0 Å². The van der Waals surface area contributed by atoms with Crippen LogP contribution in [0.2, 0.25) is 0 Å². The Kier molecular flexibility index (Phi) is 6.68. The van der Waals surface area contributed by atoms with Crippen LogP contribution in [0.25, 0.3) is 0 Å². The first-order valence-electron chi connectivity index (χ1n) is 9.84. The quantitative estimate of drug-likeness (QED) is 0.592. The average Bonchev–Trinajstić information content (AvgIpc) is 2.34. The number of ether oxygens (including phenoxy) is 1. The summed E-state index contributed by atoms with van der Waals surface area (Å²) in [7, 11) is 1.73. The van der Waals surface area contributed by atoms with Crippen molar-refractivity contribution < 1.29 is 9.84 Å². The minimum atomic E-state index is -0.112. The second kappa shape index (κ2) is 7.54. The first-order valence-corrected chi connectivity index (χ1v) is 9.84. The first-order chi connectivity index (χ1) is 11.5. The van der Waals surface area contributed by atoms with Crippen LogP contribution < -0.4 is 0 Å². The number of hydrogen-bond donors (Lipinski definition) is 1. The van der Waals surface area contributed by atoms with Gasteiger partial charge in [0.1, 0.15) is 5.75 Å². The van der Waals surface area contributed by atoms with Crippen molar-refractivity contribution >= 4 is 0 Å². The van der Waals surface area contributed by atoms with Crippen molar-refractivity contribution in [1.29, 1.82) is 0 Å². The van der Waals surface area contributed by atoms with Gasteiger partial charge in [-0.15, -0.1) is 0 Å². The maximum absolute atomic E-state index is 11.3.